The third-order valence-corrected chi connectivity index (χ3v) is 3.19. The molecule has 82 valence electrons. The van der Waals surface area contributed by atoms with Crippen molar-refractivity contribution in [2.75, 3.05) is 5.73 Å². The molecule has 1 unspecified atom stereocenters. The number of alkyl halides is 1. The van der Waals surface area contributed by atoms with E-state index in [0.29, 0.717) is 17.3 Å². The summed E-state index contributed by atoms with van der Waals surface area (Å²) in [6.45, 7) is 0. The summed E-state index contributed by atoms with van der Waals surface area (Å²) in [6, 6.07) is 5.55. The predicted molar refractivity (Wildman–Crippen MR) is 61.2 cm³/mol. The van der Waals surface area contributed by atoms with Gasteiger partial charge >= 0.3 is 0 Å². The highest BCUT2D eigenvalue weighted by Gasteiger charge is 2.22. The van der Waals surface area contributed by atoms with E-state index in [9.17, 15) is 4.39 Å². The molecule has 3 rings (SSSR count). The molecule has 0 bridgehead atoms. The molecule has 0 amide bonds. The summed E-state index contributed by atoms with van der Waals surface area (Å²) in [5.41, 5.74) is 8.23. The van der Waals surface area contributed by atoms with Crippen molar-refractivity contribution < 1.29 is 9.13 Å². The molecule has 16 heavy (non-hydrogen) atoms. The minimum Gasteiger partial charge on any atom is -0.460 e. The fourth-order valence-electron chi connectivity index (χ4n) is 1.79. The lowest BCUT2D eigenvalue weighted by Gasteiger charge is -2.01. The maximum atomic E-state index is 13.0. The van der Waals surface area contributed by atoms with Crippen LogP contribution in [0.15, 0.2) is 23.6 Å². The van der Waals surface area contributed by atoms with E-state index in [4.69, 9.17) is 10.5 Å². The van der Waals surface area contributed by atoms with Gasteiger partial charge in [0.1, 0.15) is 5.75 Å². The Morgan fingerprint density at radius 3 is 3.12 bits per heavy atom. The molecular weight excluding hydrogens is 227 g/mol. The van der Waals surface area contributed by atoms with Crippen molar-refractivity contribution in [1.29, 1.82) is 0 Å². The molecule has 0 fully saturated rings. The van der Waals surface area contributed by atoms with E-state index >= 15 is 0 Å². The van der Waals surface area contributed by atoms with E-state index < -0.39 is 6.36 Å². The third-order valence-electron chi connectivity index (χ3n) is 2.51. The molecular formula is C11H9FN2OS. The topological polar surface area (TPSA) is 48.1 Å². The first kappa shape index (κ1) is 9.59. The molecule has 3 nitrogen and oxygen atoms in total. The third kappa shape index (κ3) is 1.53. The van der Waals surface area contributed by atoms with Crippen LogP contribution in [0.5, 0.6) is 5.75 Å². The molecule has 5 heteroatoms. The van der Waals surface area contributed by atoms with Crippen LogP contribution in [0.2, 0.25) is 0 Å². The van der Waals surface area contributed by atoms with E-state index in [2.05, 4.69) is 4.98 Å². The second-order valence-electron chi connectivity index (χ2n) is 3.63. The maximum absolute atomic E-state index is 13.0. The van der Waals surface area contributed by atoms with Gasteiger partial charge in [0.2, 0.25) is 6.36 Å². The smallest absolute Gasteiger partial charge is 0.242 e. The number of halogens is 1. The molecule has 2 heterocycles. The summed E-state index contributed by atoms with van der Waals surface area (Å²) in [5.74, 6) is 0.624. The summed E-state index contributed by atoms with van der Waals surface area (Å²) < 4.78 is 18.0. The Bertz CT molecular complexity index is 541. The first-order chi connectivity index (χ1) is 7.72. The van der Waals surface area contributed by atoms with Crippen molar-refractivity contribution >= 4 is 16.5 Å². The standard InChI is InChI=1S/C11H9FN2OS/c12-10-4-7-3-6(1-2-9(7)15-10)8-5-16-11(13)14-8/h1-3,5,10H,4H2,(H2,13,14). The molecule has 0 aliphatic carbocycles. The van der Waals surface area contributed by atoms with Crippen molar-refractivity contribution in [2.45, 2.75) is 12.8 Å². The van der Waals surface area contributed by atoms with Crippen molar-refractivity contribution in [1.82, 2.24) is 4.98 Å². The molecule has 1 aliphatic heterocycles. The number of nitrogens with two attached hydrogens (primary N) is 1. The van der Waals surface area contributed by atoms with Crippen molar-refractivity contribution in [3.8, 4) is 17.0 Å². The number of aromatic nitrogens is 1. The number of ether oxygens (including phenoxy) is 1. The normalized spacial score (nSPS) is 18.2. The number of nitrogen functional groups attached to an aromatic ring is 1. The average molecular weight is 236 g/mol. The fraction of sp³-hybridized carbons (Fsp3) is 0.182. The van der Waals surface area contributed by atoms with E-state index in [-0.39, 0.29) is 0 Å². The van der Waals surface area contributed by atoms with Gasteiger partial charge < -0.3 is 10.5 Å². The Labute approximate surface area is 95.7 Å². The number of nitrogens with zero attached hydrogens (tertiary/aromatic N) is 1. The van der Waals surface area contributed by atoms with E-state index in [1.807, 2.05) is 17.5 Å². The molecule has 0 radical (unpaired) electrons. The lowest BCUT2D eigenvalue weighted by molar-refractivity contribution is 0.0911. The maximum Gasteiger partial charge on any atom is 0.242 e. The first-order valence-electron chi connectivity index (χ1n) is 4.87. The van der Waals surface area contributed by atoms with E-state index in [1.54, 1.807) is 6.07 Å². The SMILES string of the molecule is Nc1nc(-c2ccc3c(c2)CC(F)O3)cs1. The molecule has 0 saturated heterocycles. The molecule has 1 atom stereocenters. The van der Waals surface area contributed by atoms with Gasteiger partial charge in [-0.1, -0.05) is 0 Å². The van der Waals surface area contributed by atoms with Crippen LogP contribution < -0.4 is 10.5 Å². The van der Waals surface area contributed by atoms with Gasteiger partial charge in [-0.15, -0.1) is 11.3 Å². The van der Waals surface area contributed by atoms with Crippen LogP contribution in [0.4, 0.5) is 9.52 Å². The van der Waals surface area contributed by atoms with Crippen LogP contribution >= 0.6 is 11.3 Å². The quantitative estimate of drug-likeness (QED) is 0.828. The predicted octanol–water partition coefficient (Wildman–Crippen LogP) is 2.62. The minimum atomic E-state index is -1.22. The summed E-state index contributed by atoms with van der Waals surface area (Å²) in [5, 5.41) is 2.43. The number of thiazole rings is 1. The monoisotopic (exact) mass is 236 g/mol. The summed E-state index contributed by atoms with van der Waals surface area (Å²) >= 11 is 1.39. The van der Waals surface area contributed by atoms with Gasteiger partial charge in [0.05, 0.1) is 5.69 Å². The Morgan fingerprint density at radius 2 is 2.38 bits per heavy atom. The summed E-state index contributed by atoms with van der Waals surface area (Å²) in [6.07, 6.45) is -0.909. The zero-order chi connectivity index (χ0) is 11.1. The van der Waals surface area contributed by atoms with Crippen molar-refractivity contribution in [3.63, 3.8) is 0 Å². The highest BCUT2D eigenvalue weighted by atomic mass is 32.1. The summed E-state index contributed by atoms with van der Waals surface area (Å²) in [7, 11) is 0. The first-order valence-corrected chi connectivity index (χ1v) is 5.75. The van der Waals surface area contributed by atoms with E-state index in [1.165, 1.54) is 11.3 Å². The Morgan fingerprint density at radius 1 is 1.50 bits per heavy atom. The number of fused-ring (bicyclic) bond motifs is 1. The van der Waals surface area contributed by atoms with Crippen LogP contribution in [-0.2, 0) is 6.42 Å². The zero-order valence-electron chi connectivity index (χ0n) is 8.31. The van der Waals surface area contributed by atoms with Crippen LogP contribution in [-0.4, -0.2) is 11.3 Å². The molecule has 1 aromatic carbocycles. The van der Waals surface area contributed by atoms with Crippen LogP contribution in [0.3, 0.4) is 0 Å². The number of anilines is 1. The van der Waals surface area contributed by atoms with Crippen molar-refractivity contribution in [2.24, 2.45) is 0 Å². The lowest BCUT2D eigenvalue weighted by atomic mass is 10.1. The van der Waals surface area contributed by atoms with Gasteiger partial charge in [0, 0.05) is 22.9 Å². The van der Waals surface area contributed by atoms with Gasteiger partial charge in [-0.25, -0.2) is 9.37 Å². The van der Waals surface area contributed by atoms with E-state index in [0.717, 1.165) is 16.8 Å². The molecule has 2 N–H and O–H groups in total. The van der Waals surface area contributed by atoms with Gasteiger partial charge in [-0.3, -0.25) is 0 Å². The fourth-order valence-corrected chi connectivity index (χ4v) is 2.36. The molecule has 1 aromatic heterocycles. The second-order valence-corrected chi connectivity index (χ2v) is 4.52. The number of benzene rings is 1. The Hall–Kier alpha value is -1.62. The largest absolute Gasteiger partial charge is 0.460 e. The Balaban J connectivity index is 2.02. The Kier molecular flexibility index (Phi) is 2.07. The van der Waals surface area contributed by atoms with Crippen LogP contribution in [0, 0.1) is 0 Å². The average Bonchev–Trinajstić information content (AvgIpc) is 2.81. The lowest BCUT2D eigenvalue weighted by Crippen LogP contribution is -2.02. The zero-order valence-corrected chi connectivity index (χ0v) is 9.13. The number of hydrogen-bond donors (Lipinski definition) is 1. The van der Waals surface area contributed by atoms with Crippen molar-refractivity contribution in [3.05, 3.63) is 29.1 Å². The second kappa shape index (κ2) is 3.45. The van der Waals surface area contributed by atoms with Gasteiger partial charge in [-0.2, -0.15) is 0 Å². The summed E-state index contributed by atoms with van der Waals surface area (Å²) in [4.78, 5) is 4.19. The number of hydrogen-bond acceptors (Lipinski definition) is 4. The molecule has 0 saturated carbocycles. The van der Waals surface area contributed by atoms with Gasteiger partial charge in [-0.05, 0) is 18.2 Å². The number of rotatable bonds is 1. The minimum absolute atomic E-state index is 0.308. The van der Waals surface area contributed by atoms with Crippen LogP contribution in [0.25, 0.3) is 11.3 Å². The van der Waals surface area contributed by atoms with Crippen LogP contribution in [0.1, 0.15) is 5.56 Å². The highest BCUT2D eigenvalue weighted by molar-refractivity contribution is 7.13. The molecule has 2 aromatic rings. The van der Waals surface area contributed by atoms with Gasteiger partial charge in [0.25, 0.3) is 0 Å². The highest BCUT2D eigenvalue weighted by Crippen LogP contribution is 2.33. The van der Waals surface area contributed by atoms with Gasteiger partial charge in [0.15, 0.2) is 5.13 Å². The molecule has 0 spiro atoms. The molecule has 1 aliphatic rings.